The van der Waals surface area contributed by atoms with Crippen molar-refractivity contribution < 1.29 is 9.53 Å². The van der Waals surface area contributed by atoms with Crippen molar-refractivity contribution in [3.05, 3.63) is 29.8 Å². The molecule has 1 aromatic rings. The van der Waals surface area contributed by atoms with Crippen LogP contribution in [0.15, 0.2) is 24.3 Å². The van der Waals surface area contributed by atoms with E-state index in [0.717, 1.165) is 17.7 Å². The van der Waals surface area contributed by atoms with Crippen LogP contribution in [0.1, 0.15) is 89.4 Å². The number of rotatable bonds is 10. The molecule has 0 saturated carbocycles. The Morgan fingerprint density at radius 1 is 0.909 bits per heavy atom. The van der Waals surface area contributed by atoms with E-state index in [-0.39, 0.29) is 11.4 Å². The molecule has 0 aliphatic heterocycles. The van der Waals surface area contributed by atoms with E-state index in [1.54, 1.807) is 0 Å². The zero-order valence-corrected chi connectivity index (χ0v) is 14.8. The highest BCUT2D eigenvalue weighted by Crippen LogP contribution is 2.19. The molecular formula is C20H32O2. The molecule has 0 aliphatic carbocycles. The predicted octanol–water partition coefficient (Wildman–Crippen LogP) is 6.19. The van der Waals surface area contributed by atoms with Crippen molar-refractivity contribution in [1.82, 2.24) is 0 Å². The van der Waals surface area contributed by atoms with Gasteiger partial charge in [-0.2, -0.15) is 0 Å². The molecule has 0 amide bonds. The van der Waals surface area contributed by atoms with E-state index in [1.165, 1.54) is 38.5 Å². The number of unbranched alkanes of at least 4 members (excludes halogenated alkanes) is 6. The summed E-state index contributed by atoms with van der Waals surface area (Å²) in [4.78, 5) is 12.1. The summed E-state index contributed by atoms with van der Waals surface area (Å²) in [5.74, 6) is 1.07. The molecule has 22 heavy (non-hydrogen) atoms. The molecule has 2 nitrogen and oxygen atoms in total. The molecule has 0 atom stereocenters. The minimum Gasteiger partial charge on any atom is -0.488 e. The number of Topliss-reactive ketones (excluding diaryl/α,β-unsaturated/α-hetero) is 1. The van der Waals surface area contributed by atoms with Crippen molar-refractivity contribution in [2.24, 2.45) is 0 Å². The van der Waals surface area contributed by atoms with Crippen LogP contribution in [0.2, 0.25) is 0 Å². The summed E-state index contributed by atoms with van der Waals surface area (Å²) in [7, 11) is 0. The van der Waals surface area contributed by atoms with Gasteiger partial charge in [-0.25, -0.2) is 0 Å². The number of hydrogen-bond acceptors (Lipinski definition) is 2. The van der Waals surface area contributed by atoms with Crippen molar-refractivity contribution in [3.8, 4) is 5.75 Å². The number of ether oxygens (including phenoxy) is 1. The van der Waals surface area contributed by atoms with E-state index in [2.05, 4.69) is 6.92 Å². The smallest absolute Gasteiger partial charge is 0.162 e. The molecule has 0 spiro atoms. The Balaban J connectivity index is 2.28. The first-order valence-corrected chi connectivity index (χ1v) is 8.74. The van der Waals surface area contributed by atoms with Gasteiger partial charge in [-0.05, 0) is 51.5 Å². The molecule has 0 aliphatic rings. The van der Waals surface area contributed by atoms with E-state index in [0.29, 0.717) is 6.42 Å². The highest BCUT2D eigenvalue weighted by atomic mass is 16.5. The van der Waals surface area contributed by atoms with Gasteiger partial charge in [0, 0.05) is 12.0 Å². The molecule has 1 rings (SSSR count). The van der Waals surface area contributed by atoms with Gasteiger partial charge in [0.15, 0.2) is 5.78 Å². The molecular weight excluding hydrogens is 272 g/mol. The topological polar surface area (TPSA) is 26.3 Å². The average Bonchev–Trinajstić information content (AvgIpc) is 2.45. The number of hydrogen-bond donors (Lipinski definition) is 0. The standard InChI is InChI=1S/C20H32O2/c1-5-6-7-8-9-10-11-12-19(21)17-13-15-18(16-14-17)22-20(2,3)4/h13-16H,5-12H2,1-4H3. The van der Waals surface area contributed by atoms with Gasteiger partial charge in [-0.1, -0.05) is 45.4 Å². The Morgan fingerprint density at radius 2 is 1.45 bits per heavy atom. The van der Waals surface area contributed by atoms with Gasteiger partial charge in [0.1, 0.15) is 11.4 Å². The maximum atomic E-state index is 12.1. The zero-order chi connectivity index (χ0) is 16.4. The molecule has 1 aromatic carbocycles. The lowest BCUT2D eigenvalue weighted by atomic mass is 10.0. The van der Waals surface area contributed by atoms with Crippen molar-refractivity contribution in [1.29, 1.82) is 0 Å². The van der Waals surface area contributed by atoms with Crippen molar-refractivity contribution in [3.63, 3.8) is 0 Å². The Bertz CT molecular complexity index is 426. The molecule has 0 heterocycles. The van der Waals surface area contributed by atoms with Crippen LogP contribution in [0.25, 0.3) is 0 Å². The normalized spacial score (nSPS) is 11.5. The fraction of sp³-hybridized carbons (Fsp3) is 0.650. The van der Waals surface area contributed by atoms with Gasteiger partial charge in [0.2, 0.25) is 0 Å². The Kier molecular flexibility index (Phi) is 8.22. The van der Waals surface area contributed by atoms with Crippen molar-refractivity contribution in [2.45, 2.75) is 84.7 Å². The predicted molar refractivity (Wildman–Crippen MR) is 93.8 cm³/mol. The summed E-state index contributed by atoms with van der Waals surface area (Å²) in [6.45, 7) is 8.29. The Hall–Kier alpha value is -1.31. The van der Waals surface area contributed by atoms with Gasteiger partial charge >= 0.3 is 0 Å². The maximum absolute atomic E-state index is 12.1. The first kappa shape index (κ1) is 18.7. The lowest BCUT2D eigenvalue weighted by Crippen LogP contribution is -2.22. The lowest BCUT2D eigenvalue weighted by molar-refractivity contribution is 0.0979. The number of ketones is 1. The summed E-state index contributed by atoms with van der Waals surface area (Å²) < 4.78 is 5.77. The van der Waals surface area contributed by atoms with Gasteiger partial charge in [0.25, 0.3) is 0 Å². The third-order valence-corrected chi connectivity index (χ3v) is 3.61. The van der Waals surface area contributed by atoms with E-state index < -0.39 is 0 Å². The second kappa shape index (κ2) is 9.66. The average molecular weight is 304 g/mol. The third kappa shape index (κ3) is 8.21. The molecule has 0 radical (unpaired) electrons. The fourth-order valence-electron chi connectivity index (χ4n) is 2.45. The van der Waals surface area contributed by atoms with E-state index >= 15 is 0 Å². The van der Waals surface area contributed by atoms with Gasteiger partial charge in [-0.15, -0.1) is 0 Å². The maximum Gasteiger partial charge on any atom is 0.162 e. The lowest BCUT2D eigenvalue weighted by Gasteiger charge is -2.21. The van der Waals surface area contributed by atoms with Crippen LogP contribution in [-0.4, -0.2) is 11.4 Å². The second-order valence-corrected chi connectivity index (χ2v) is 7.03. The SMILES string of the molecule is CCCCCCCCCC(=O)c1ccc(OC(C)(C)C)cc1. The zero-order valence-electron chi connectivity index (χ0n) is 14.8. The van der Waals surface area contributed by atoms with Crippen LogP contribution in [0.3, 0.4) is 0 Å². The first-order chi connectivity index (χ1) is 10.4. The van der Waals surface area contributed by atoms with Crippen LogP contribution < -0.4 is 4.74 Å². The third-order valence-electron chi connectivity index (χ3n) is 3.61. The molecule has 0 aromatic heterocycles. The second-order valence-electron chi connectivity index (χ2n) is 7.03. The minimum atomic E-state index is -0.205. The van der Waals surface area contributed by atoms with Gasteiger partial charge in [-0.3, -0.25) is 4.79 Å². The minimum absolute atomic E-state index is 0.205. The molecule has 0 N–H and O–H groups in total. The van der Waals surface area contributed by atoms with Crippen LogP contribution in [0.4, 0.5) is 0 Å². The monoisotopic (exact) mass is 304 g/mol. The molecule has 0 unspecified atom stereocenters. The summed E-state index contributed by atoms with van der Waals surface area (Å²) in [6.07, 6.45) is 9.35. The summed E-state index contributed by atoms with van der Waals surface area (Å²) >= 11 is 0. The number of carbonyl (C=O) groups excluding carboxylic acids is 1. The van der Waals surface area contributed by atoms with Crippen LogP contribution in [0.5, 0.6) is 5.75 Å². The summed E-state index contributed by atoms with van der Waals surface area (Å²) in [5.41, 5.74) is 0.593. The summed E-state index contributed by atoms with van der Waals surface area (Å²) in [5, 5.41) is 0. The van der Waals surface area contributed by atoms with E-state index in [4.69, 9.17) is 4.74 Å². The Morgan fingerprint density at radius 3 is 2.00 bits per heavy atom. The molecule has 0 bridgehead atoms. The Labute approximate surface area is 136 Å². The van der Waals surface area contributed by atoms with Gasteiger partial charge < -0.3 is 4.74 Å². The largest absolute Gasteiger partial charge is 0.488 e. The number of carbonyl (C=O) groups is 1. The molecule has 0 saturated heterocycles. The van der Waals surface area contributed by atoms with Crippen LogP contribution in [-0.2, 0) is 0 Å². The number of benzene rings is 1. The quantitative estimate of drug-likeness (QED) is 0.380. The fourth-order valence-corrected chi connectivity index (χ4v) is 2.45. The van der Waals surface area contributed by atoms with Crippen molar-refractivity contribution >= 4 is 5.78 Å². The summed E-state index contributed by atoms with van der Waals surface area (Å²) in [6, 6.07) is 7.54. The highest BCUT2D eigenvalue weighted by molar-refractivity contribution is 5.96. The van der Waals surface area contributed by atoms with E-state index in [9.17, 15) is 4.79 Å². The van der Waals surface area contributed by atoms with Gasteiger partial charge in [0.05, 0.1) is 0 Å². The highest BCUT2D eigenvalue weighted by Gasteiger charge is 2.12. The van der Waals surface area contributed by atoms with Crippen LogP contribution in [0, 0.1) is 0 Å². The van der Waals surface area contributed by atoms with Crippen LogP contribution >= 0.6 is 0 Å². The molecule has 124 valence electrons. The van der Waals surface area contributed by atoms with E-state index in [1.807, 2.05) is 45.0 Å². The molecule has 2 heteroatoms. The van der Waals surface area contributed by atoms with Crippen molar-refractivity contribution in [2.75, 3.05) is 0 Å². The molecule has 0 fully saturated rings. The first-order valence-electron chi connectivity index (χ1n) is 8.74.